The second kappa shape index (κ2) is 15.0. The molecule has 0 aliphatic carbocycles. The molecule has 5 heteroatoms. The number of halogens is 3. The molecule has 4 rings (SSSR count). The molecule has 0 bridgehead atoms. The van der Waals surface area contributed by atoms with Gasteiger partial charge in [0.15, 0.2) is 0 Å². The summed E-state index contributed by atoms with van der Waals surface area (Å²) in [6, 6.07) is 22.1. The summed E-state index contributed by atoms with van der Waals surface area (Å²) in [7, 11) is -1.52. The average Bonchev–Trinajstić information content (AvgIpc) is 3.02. The van der Waals surface area contributed by atoms with Gasteiger partial charge in [-0.25, -0.2) is 0 Å². The second-order valence-electron chi connectivity index (χ2n) is 10.4. The summed E-state index contributed by atoms with van der Waals surface area (Å²) in [4.78, 5) is 0. The Labute approximate surface area is 266 Å². The summed E-state index contributed by atoms with van der Waals surface area (Å²) in [5.74, 6) is 0. The standard InChI is InChI=1S/C33H39Si.3ClH.Ti/c1-20-15-30(16-21(2)24(20)5)34(31-17-22(3)25(6)23(4)18-31)19-32-27(8)26(7)28(9)33(32)29-13-11-10-12-14-29;;;;/h10-18,34H,19H2,1-9H3;3*1H;/q-1;;;;+4/p-3. The van der Waals surface area contributed by atoms with Gasteiger partial charge in [0, 0.05) is 0 Å². The van der Waals surface area contributed by atoms with Gasteiger partial charge in [-0.15, -0.1) is 16.7 Å². The molecule has 0 nitrogen and oxygen atoms in total. The van der Waals surface area contributed by atoms with Crippen molar-refractivity contribution in [1.29, 1.82) is 0 Å². The summed E-state index contributed by atoms with van der Waals surface area (Å²) < 4.78 is 0. The van der Waals surface area contributed by atoms with Crippen LogP contribution in [0.4, 0.5) is 0 Å². The molecule has 0 unspecified atom stereocenters. The third-order valence-corrected chi connectivity index (χ3v) is 11.5. The molecule has 0 amide bonds. The first kappa shape index (κ1) is 36.8. The minimum absolute atomic E-state index is 0. The van der Waals surface area contributed by atoms with Gasteiger partial charge in [0.1, 0.15) is 0 Å². The van der Waals surface area contributed by atoms with Crippen LogP contribution in [0.3, 0.4) is 0 Å². The molecular weight excluding hydrogens is 579 g/mol. The van der Waals surface area contributed by atoms with E-state index >= 15 is 0 Å². The van der Waals surface area contributed by atoms with Gasteiger partial charge >= 0.3 is 21.7 Å². The molecule has 0 radical (unpaired) electrons. The SMILES string of the molecule is Cc1cc([SiH](C[c-]2c(C)c(C)c(C)c2-c2ccccc2)c2cc(C)c(C)c(C)c2)cc(C)c1C.[Cl-].[Cl-].[Cl-].[Ti+4]. The van der Waals surface area contributed by atoms with E-state index in [-0.39, 0.29) is 58.9 Å². The fourth-order valence-electron chi connectivity index (χ4n) is 5.53. The molecule has 0 saturated heterocycles. The molecule has 4 aromatic carbocycles. The van der Waals surface area contributed by atoms with Crippen LogP contribution >= 0.6 is 0 Å². The monoisotopic (exact) mass is 616 g/mol. The number of rotatable bonds is 5. The van der Waals surface area contributed by atoms with Crippen LogP contribution in [-0.2, 0) is 27.8 Å². The van der Waals surface area contributed by atoms with Gasteiger partial charge in [-0.3, -0.25) is 0 Å². The minimum atomic E-state index is -1.52. The molecule has 38 heavy (non-hydrogen) atoms. The van der Waals surface area contributed by atoms with Crippen molar-refractivity contribution < 1.29 is 58.9 Å². The zero-order chi connectivity index (χ0) is 24.7. The summed E-state index contributed by atoms with van der Waals surface area (Å²) in [6.07, 6.45) is 0. The predicted octanol–water partition coefficient (Wildman–Crippen LogP) is -2.02. The van der Waals surface area contributed by atoms with Gasteiger partial charge in [-0.2, -0.15) is 11.1 Å². The Hall–Kier alpha value is -1.19. The van der Waals surface area contributed by atoms with E-state index in [9.17, 15) is 0 Å². The van der Waals surface area contributed by atoms with Crippen molar-refractivity contribution in [3.8, 4) is 11.1 Å². The van der Waals surface area contributed by atoms with E-state index in [2.05, 4.69) is 117 Å². The maximum atomic E-state index is 2.49. The van der Waals surface area contributed by atoms with Crippen molar-refractivity contribution in [3.05, 3.63) is 110 Å². The van der Waals surface area contributed by atoms with E-state index in [0.29, 0.717) is 0 Å². The van der Waals surface area contributed by atoms with Crippen LogP contribution in [-0.4, -0.2) is 8.80 Å². The molecule has 200 valence electrons. The molecule has 0 heterocycles. The molecule has 0 fully saturated rings. The summed E-state index contributed by atoms with van der Waals surface area (Å²) >= 11 is 0. The topological polar surface area (TPSA) is 0 Å². The predicted molar refractivity (Wildman–Crippen MR) is 153 cm³/mol. The van der Waals surface area contributed by atoms with Gasteiger partial charge in [-0.1, -0.05) is 97.3 Å². The number of hydrogen-bond donors (Lipinski definition) is 0. The van der Waals surface area contributed by atoms with Crippen LogP contribution in [0.25, 0.3) is 11.1 Å². The average molecular weight is 618 g/mol. The third-order valence-electron chi connectivity index (χ3n) is 8.43. The first-order valence-corrected chi connectivity index (χ1v) is 14.5. The Bertz CT molecular complexity index is 1270. The van der Waals surface area contributed by atoms with E-state index in [1.807, 2.05) is 0 Å². The summed E-state index contributed by atoms with van der Waals surface area (Å²) in [5.41, 5.74) is 17.3. The van der Waals surface area contributed by atoms with Crippen LogP contribution in [0, 0.1) is 62.3 Å². The largest absolute Gasteiger partial charge is 4.00 e. The second-order valence-corrected chi connectivity index (χ2v) is 13.3. The normalized spacial score (nSPS) is 10.3. The van der Waals surface area contributed by atoms with Crippen molar-refractivity contribution >= 4 is 19.2 Å². The smallest absolute Gasteiger partial charge is 1.00 e. The molecule has 0 spiro atoms. The van der Waals surface area contributed by atoms with Crippen molar-refractivity contribution in [2.45, 2.75) is 68.4 Å². The van der Waals surface area contributed by atoms with E-state index in [1.165, 1.54) is 61.2 Å². The van der Waals surface area contributed by atoms with Gasteiger partial charge < -0.3 is 37.2 Å². The van der Waals surface area contributed by atoms with Gasteiger partial charge in [0.2, 0.25) is 0 Å². The van der Waals surface area contributed by atoms with Crippen molar-refractivity contribution in [3.63, 3.8) is 0 Å². The molecule has 4 aromatic rings. The van der Waals surface area contributed by atoms with Crippen molar-refractivity contribution in [1.82, 2.24) is 0 Å². The molecule has 0 atom stereocenters. The first-order valence-electron chi connectivity index (χ1n) is 12.6. The fraction of sp³-hybridized carbons (Fsp3) is 0.303. The minimum Gasteiger partial charge on any atom is -1.00 e. The zero-order valence-electron chi connectivity index (χ0n) is 24.1. The van der Waals surface area contributed by atoms with Gasteiger partial charge in [0.25, 0.3) is 0 Å². The zero-order valence-corrected chi connectivity index (χ0v) is 29.1. The number of aryl methyl sites for hydroxylation is 4. The van der Waals surface area contributed by atoms with E-state index in [1.54, 1.807) is 15.9 Å². The molecule has 0 aromatic heterocycles. The van der Waals surface area contributed by atoms with E-state index in [0.717, 1.165) is 6.04 Å². The van der Waals surface area contributed by atoms with Crippen LogP contribution < -0.4 is 47.6 Å². The Morgan fingerprint density at radius 1 is 0.553 bits per heavy atom. The van der Waals surface area contributed by atoms with Crippen molar-refractivity contribution in [2.75, 3.05) is 0 Å². The van der Waals surface area contributed by atoms with Crippen molar-refractivity contribution in [2.24, 2.45) is 0 Å². The third kappa shape index (κ3) is 7.11. The maximum Gasteiger partial charge on any atom is 4.00 e. The van der Waals surface area contributed by atoms with Crippen LogP contribution in [0.1, 0.15) is 55.6 Å². The van der Waals surface area contributed by atoms with E-state index < -0.39 is 8.80 Å². The quantitative estimate of drug-likeness (QED) is 0.179. The van der Waals surface area contributed by atoms with Gasteiger partial charge in [0.05, 0.1) is 8.80 Å². The fourth-order valence-corrected chi connectivity index (χ4v) is 9.11. The Morgan fingerprint density at radius 2 is 0.947 bits per heavy atom. The first-order chi connectivity index (χ1) is 16.1. The maximum absolute atomic E-state index is 2.49. The van der Waals surface area contributed by atoms with Crippen LogP contribution in [0.5, 0.6) is 0 Å². The molecule has 0 N–H and O–H groups in total. The Kier molecular flexibility index (Phi) is 14.5. The van der Waals surface area contributed by atoms with Gasteiger partial charge in [-0.05, 0) is 74.9 Å². The molecule has 0 aliphatic rings. The molecule has 0 aliphatic heterocycles. The molecular formula is C33H39Cl3SiTi. The Morgan fingerprint density at radius 3 is 1.34 bits per heavy atom. The Balaban J connectivity index is 0.00000342. The van der Waals surface area contributed by atoms with E-state index in [4.69, 9.17) is 0 Å². The van der Waals surface area contributed by atoms with Crippen LogP contribution in [0.2, 0.25) is 0 Å². The van der Waals surface area contributed by atoms with Crippen LogP contribution in [0.15, 0.2) is 54.6 Å². The summed E-state index contributed by atoms with van der Waals surface area (Å²) in [5, 5.41) is 3.14. The number of hydrogen-bond acceptors (Lipinski definition) is 0. The summed E-state index contributed by atoms with van der Waals surface area (Å²) in [6.45, 7) is 20.6. The number of benzene rings is 3. The molecule has 0 saturated carbocycles.